The van der Waals surface area contributed by atoms with Crippen molar-refractivity contribution < 1.29 is 4.39 Å². The minimum Gasteiger partial charge on any atom is -0.381 e. The summed E-state index contributed by atoms with van der Waals surface area (Å²) < 4.78 is 14.3. The molecule has 0 saturated heterocycles. The molecule has 6 nitrogen and oxygen atoms in total. The number of nitrogens with two attached hydrogens (primary N) is 1. The molecule has 8 heteroatoms. The van der Waals surface area contributed by atoms with E-state index in [4.69, 9.17) is 17.3 Å². The number of nitriles is 1. The Kier molecular flexibility index (Phi) is 3.62. The van der Waals surface area contributed by atoms with Crippen LogP contribution in [0.2, 0.25) is 5.15 Å². The summed E-state index contributed by atoms with van der Waals surface area (Å²) >= 11 is 5.89. The third-order valence-electron chi connectivity index (χ3n) is 3.50. The van der Waals surface area contributed by atoms with E-state index in [1.807, 2.05) is 6.07 Å². The van der Waals surface area contributed by atoms with Gasteiger partial charge in [-0.25, -0.2) is 19.3 Å². The van der Waals surface area contributed by atoms with Gasteiger partial charge in [-0.05, 0) is 5.92 Å². The summed E-state index contributed by atoms with van der Waals surface area (Å²) in [5, 5.41) is 9.72. The van der Waals surface area contributed by atoms with Gasteiger partial charge in [0.2, 0.25) is 0 Å². The fraction of sp³-hybridized carbons (Fsp3) is 0.200. The first-order chi connectivity index (χ1) is 10.9. The Labute approximate surface area is 136 Å². The second kappa shape index (κ2) is 5.48. The van der Waals surface area contributed by atoms with E-state index in [1.54, 1.807) is 20.0 Å². The van der Waals surface area contributed by atoms with Gasteiger partial charge in [0.05, 0.1) is 17.5 Å². The van der Waals surface area contributed by atoms with Crippen LogP contribution in [0.25, 0.3) is 22.4 Å². The van der Waals surface area contributed by atoms with Gasteiger partial charge < -0.3 is 10.7 Å². The molecule has 0 amide bonds. The molecule has 0 saturated carbocycles. The van der Waals surface area contributed by atoms with Crippen molar-refractivity contribution in [3.63, 3.8) is 0 Å². The van der Waals surface area contributed by atoms with Gasteiger partial charge >= 0.3 is 0 Å². The number of nitrogen functional groups attached to an aromatic ring is 1. The average molecular weight is 331 g/mol. The van der Waals surface area contributed by atoms with Crippen molar-refractivity contribution in [2.45, 2.75) is 19.8 Å². The van der Waals surface area contributed by atoms with E-state index in [2.05, 4.69) is 19.9 Å². The van der Waals surface area contributed by atoms with E-state index in [-0.39, 0.29) is 33.7 Å². The van der Waals surface area contributed by atoms with E-state index in [0.29, 0.717) is 16.7 Å². The van der Waals surface area contributed by atoms with Crippen LogP contribution >= 0.6 is 11.6 Å². The maximum atomic E-state index is 14.3. The monoisotopic (exact) mass is 330 g/mol. The molecule has 0 radical (unpaired) electrons. The van der Waals surface area contributed by atoms with Crippen molar-refractivity contribution in [1.29, 1.82) is 5.26 Å². The minimum absolute atomic E-state index is 0.134. The SMILES string of the molecule is CC(C)c1c(F)c(N)nc(-c2c[nH]c3ncc(Cl)nc23)c1C#N. The first-order valence-corrected chi connectivity index (χ1v) is 7.20. The lowest BCUT2D eigenvalue weighted by molar-refractivity contribution is 0.597. The van der Waals surface area contributed by atoms with Crippen LogP contribution in [-0.2, 0) is 0 Å². The van der Waals surface area contributed by atoms with Gasteiger partial charge in [-0.3, -0.25) is 0 Å². The van der Waals surface area contributed by atoms with Crippen LogP contribution in [0.4, 0.5) is 10.2 Å². The predicted octanol–water partition coefficient (Wildman–Crippen LogP) is 3.39. The number of aromatic amines is 1. The first-order valence-electron chi connectivity index (χ1n) is 6.83. The van der Waals surface area contributed by atoms with Crippen molar-refractivity contribution in [3.8, 4) is 17.3 Å². The fourth-order valence-electron chi connectivity index (χ4n) is 2.50. The maximum Gasteiger partial charge on any atom is 0.170 e. The number of halogens is 2. The smallest absolute Gasteiger partial charge is 0.170 e. The standard InChI is InChI=1S/C15H12ClFN6/c1-6(2)10-7(3-18)12(23-14(19)11(10)17)8-4-20-15-13(8)22-9(16)5-21-15/h4-6H,1-2H3,(H2,19,23)(H,20,21). The topological polar surface area (TPSA) is 104 Å². The van der Waals surface area contributed by atoms with Gasteiger partial charge in [-0.1, -0.05) is 25.4 Å². The van der Waals surface area contributed by atoms with Gasteiger partial charge in [0, 0.05) is 17.3 Å². The third-order valence-corrected chi connectivity index (χ3v) is 3.68. The quantitative estimate of drug-likeness (QED) is 0.749. The molecule has 0 bridgehead atoms. The molecule has 0 aliphatic heterocycles. The molecule has 23 heavy (non-hydrogen) atoms. The Morgan fingerprint density at radius 3 is 2.78 bits per heavy atom. The van der Waals surface area contributed by atoms with Gasteiger partial charge in [-0.15, -0.1) is 0 Å². The normalized spacial score (nSPS) is 11.1. The average Bonchev–Trinajstić information content (AvgIpc) is 2.91. The second-order valence-electron chi connectivity index (χ2n) is 5.31. The molecule has 0 aliphatic carbocycles. The Morgan fingerprint density at radius 1 is 1.39 bits per heavy atom. The molecule has 3 rings (SSSR count). The van der Waals surface area contributed by atoms with Crippen LogP contribution in [0.15, 0.2) is 12.4 Å². The Hall–Kier alpha value is -2.72. The van der Waals surface area contributed by atoms with Crippen molar-refractivity contribution in [2.24, 2.45) is 0 Å². The lowest BCUT2D eigenvalue weighted by atomic mass is 9.94. The molecular formula is C15H12ClFN6. The minimum atomic E-state index is -0.663. The summed E-state index contributed by atoms with van der Waals surface area (Å²) in [7, 11) is 0. The number of H-pyrrole nitrogens is 1. The predicted molar refractivity (Wildman–Crippen MR) is 85.3 cm³/mol. The number of pyridine rings is 1. The van der Waals surface area contributed by atoms with E-state index < -0.39 is 5.82 Å². The van der Waals surface area contributed by atoms with Crippen LogP contribution in [0.1, 0.15) is 30.9 Å². The number of nitrogens with zero attached hydrogens (tertiary/aromatic N) is 4. The number of hydrogen-bond donors (Lipinski definition) is 2. The Balaban J connectivity index is 2.39. The summed E-state index contributed by atoms with van der Waals surface area (Å²) in [6, 6.07) is 2.03. The molecule has 3 aromatic rings. The number of fused-ring (bicyclic) bond motifs is 1. The van der Waals surface area contributed by atoms with Crippen LogP contribution in [0, 0.1) is 17.1 Å². The highest BCUT2D eigenvalue weighted by atomic mass is 35.5. The lowest BCUT2D eigenvalue weighted by Gasteiger charge is -2.14. The van der Waals surface area contributed by atoms with Gasteiger partial charge in [0.25, 0.3) is 0 Å². The molecule has 116 valence electrons. The molecule has 0 atom stereocenters. The molecule has 3 heterocycles. The summed E-state index contributed by atoms with van der Waals surface area (Å²) in [6.45, 7) is 3.57. The van der Waals surface area contributed by atoms with Crippen molar-refractivity contribution >= 4 is 28.6 Å². The molecular weight excluding hydrogens is 319 g/mol. The largest absolute Gasteiger partial charge is 0.381 e. The summed E-state index contributed by atoms with van der Waals surface area (Å²) in [6.07, 6.45) is 3.01. The van der Waals surface area contributed by atoms with Gasteiger partial charge in [0.15, 0.2) is 17.3 Å². The zero-order valence-electron chi connectivity index (χ0n) is 12.4. The van der Waals surface area contributed by atoms with Crippen molar-refractivity contribution in [2.75, 3.05) is 5.73 Å². The van der Waals surface area contributed by atoms with Gasteiger partial charge in [-0.2, -0.15) is 5.26 Å². The highest BCUT2D eigenvalue weighted by molar-refractivity contribution is 6.29. The molecule has 0 fully saturated rings. The third kappa shape index (κ3) is 2.37. The van der Waals surface area contributed by atoms with E-state index in [9.17, 15) is 9.65 Å². The molecule has 0 unspecified atom stereocenters. The lowest BCUT2D eigenvalue weighted by Crippen LogP contribution is -2.07. The van der Waals surface area contributed by atoms with Crippen LogP contribution in [0.5, 0.6) is 0 Å². The van der Waals surface area contributed by atoms with Crippen molar-refractivity contribution in [3.05, 3.63) is 34.5 Å². The zero-order valence-corrected chi connectivity index (χ0v) is 13.1. The van der Waals surface area contributed by atoms with E-state index in [1.165, 1.54) is 6.20 Å². The first kappa shape index (κ1) is 15.2. The fourth-order valence-corrected chi connectivity index (χ4v) is 2.63. The molecule has 0 aromatic carbocycles. The summed E-state index contributed by atoms with van der Waals surface area (Å²) in [5.74, 6) is -1.15. The van der Waals surface area contributed by atoms with Crippen LogP contribution in [0.3, 0.4) is 0 Å². The number of aromatic nitrogens is 4. The van der Waals surface area contributed by atoms with Crippen LogP contribution < -0.4 is 5.73 Å². The summed E-state index contributed by atoms with van der Waals surface area (Å²) in [4.78, 5) is 15.3. The Morgan fingerprint density at radius 2 is 2.13 bits per heavy atom. The van der Waals surface area contributed by atoms with E-state index >= 15 is 0 Å². The van der Waals surface area contributed by atoms with Crippen molar-refractivity contribution in [1.82, 2.24) is 19.9 Å². The number of anilines is 1. The molecule has 3 aromatic heterocycles. The van der Waals surface area contributed by atoms with Gasteiger partial charge in [0.1, 0.15) is 16.7 Å². The highest BCUT2D eigenvalue weighted by Gasteiger charge is 2.24. The highest BCUT2D eigenvalue weighted by Crippen LogP contribution is 2.35. The zero-order chi connectivity index (χ0) is 16.7. The number of rotatable bonds is 2. The Bertz CT molecular complexity index is 957. The summed E-state index contributed by atoms with van der Waals surface area (Å²) in [5.41, 5.74) is 7.76. The maximum absolute atomic E-state index is 14.3. The van der Waals surface area contributed by atoms with Crippen LogP contribution in [-0.4, -0.2) is 19.9 Å². The molecule has 0 spiro atoms. The molecule has 0 aliphatic rings. The number of nitrogens with one attached hydrogen (secondary N) is 1. The number of hydrogen-bond acceptors (Lipinski definition) is 5. The second-order valence-corrected chi connectivity index (χ2v) is 5.69. The van der Waals surface area contributed by atoms with E-state index in [0.717, 1.165) is 0 Å². The molecule has 3 N–H and O–H groups in total.